The number of aryl methyl sites for hydroxylation is 1. The summed E-state index contributed by atoms with van der Waals surface area (Å²) in [4.78, 5) is 47.9. The minimum Gasteiger partial charge on any atom is -0.475 e. The average molecular weight is 637 g/mol. The number of ether oxygens (including phenoxy) is 1. The van der Waals surface area contributed by atoms with E-state index in [9.17, 15) is 31.1 Å². The molecule has 0 aliphatic carbocycles. The number of hydrogen-bond acceptors (Lipinski definition) is 10. The second kappa shape index (κ2) is 14.2. The van der Waals surface area contributed by atoms with Crippen molar-refractivity contribution in [2.75, 3.05) is 37.7 Å². The van der Waals surface area contributed by atoms with E-state index >= 15 is 0 Å². The van der Waals surface area contributed by atoms with Gasteiger partial charge in [-0.2, -0.15) is 26.3 Å². The van der Waals surface area contributed by atoms with Crippen LogP contribution in [-0.4, -0.2) is 114 Å². The van der Waals surface area contributed by atoms with Gasteiger partial charge in [-0.15, -0.1) is 5.10 Å². The number of pyridine rings is 1. The first-order valence-electron chi connectivity index (χ1n) is 12.8. The molecule has 2 N–H and O–H groups in total. The molecule has 3 aromatic heterocycles. The number of fused-ring (bicyclic) bond motifs is 1. The number of anilines is 1. The van der Waals surface area contributed by atoms with E-state index in [-0.39, 0.29) is 12.0 Å². The topological polar surface area (TPSA) is 177 Å². The number of aliphatic carboxylic acids is 2. The summed E-state index contributed by atoms with van der Waals surface area (Å²) in [5, 5.41) is 22.9. The van der Waals surface area contributed by atoms with E-state index in [1.54, 1.807) is 22.0 Å². The van der Waals surface area contributed by atoms with Crippen LogP contribution >= 0.6 is 0 Å². The van der Waals surface area contributed by atoms with Gasteiger partial charge in [-0.1, -0.05) is 11.3 Å². The molecule has 5 heterocycles. The quantitative estimate of drug-likeness (QED) is 0.400. The van der Waals surface area contributed by atoms with Gasteiger partial charge < -0.3 is 24.7 Å². The number of amides is 1. The molecule has 1 amide bonds. The summed E-state index contributed by atoms with van der Waals surface area (Å²) < 4.78 is 71.1. The zero-order chi connectivity index (χ0) is 32.7. The number of carbonyl (C=O) groups excluding carboxylic acids is 1. The largest absolute Gasteiger partial charge is 0.490 e. The molecular weight excluding hydrogens is 610 g/mol. The normalized spacial score (nSPS) is 16.9. The number of alkyl halides is 6. The zero-order valence-electron chi connectivity index (χ0n) is 22.9. The Balaban J connectivity index is 0.000000317. The monoisotopic (exact) mass is 636 g/mol. The van der Waals surface area contributed by atoms with E-state index in [0.29, 0.717) is 43.1 Å². The van der Waals surface area contributed by atoms with Crippen LogP contribution in [0.2, 0.25) is 0 Å². The van der Waals surface area contributed by atoms with Gasteiger partial charge in [0.05, 0.1) is 19.3 Å². The fourth-order valence-corrected chi connectivity index (χ4v) is 4.09. The molecule has 0 bridgehead atoms. The zero-order valence-corrected chi connectivity index (χ0v) is 22.9. The minimum absolute atomic E-state index is 0.0749. The molecule has 0 radical (unpaired) electrons. The van der Waals surface area contributed by atoms with Gasteiger partial charge in [0.25, 0.3) is 5.91 Å². The number of carboxylic acids is 2. The third kappa shape index (κ3) is 9.19. The molecule has 20 heteroatoms. The Morgan fingerprint density at radius 2 is 1.59 bits per heavy atom. The summed E-state index contributed by atoms with van der Waals surface area (Å²) in [5.41, 5.74) is 2.70. The molecule has 1 unspecified atom stereocenters. The molecule has 44 heavy (non-hydrogen) atoms. The van der Waals surface area contributed by atoms with Crippen molar-refractivity contribution in [1.29, 1.82) is 0 Å². The summed E-state index contributed by atoms with van der Waals surface area (Å²) in [7, 11) is 0. The van der Waals surface area contributed by atoms with Gasteiger partial charge in [-0.05, 0) is 31.9 Å². The first kappa shape index (κ1) is 33.9. The molecule has 2 saturated heterocycles. The maximum atomic E-state index is 12.9. The number of hydrogen-bond donors (Lipinski definition) is 2. The number of aromatic nitrogens is 6. The minimum atomic E-state index is -5.08. The van der Waals surface area contributed by atoms with Crippen molar-refractivity contribution in [3.05, 3.63) is 35.9 Å². The molecule has 3 aromatic rings. The fraction of sp³-hybridized carbons (Fsp3) is 0.500. The lowest BCUT2D eigenvalue weighted by atomic mass is 10.2. The molecule has 5 rings (SSSR count). The predicted molar refractivity (Wildman–Crippen MR) is 137 cm³/mol. The van der Waals surface area contributed by atoms with Crippen LogP contribution in [0.25, 0.3) is 11.2 Å². The Morgan fingerprint density at radius 1 is 0.977 bits per heavy atom. The number of carbonyl (C=O) groups is 3. The van der Waals surface area contributed by atoms with E-state index in [0.717, 1.165) is 37.4 Å². The van der Waals surface area contributed by atoms with Crippen molar-refractivity contribution in [3.63, 3.8) is 0 Å². The predicted octanol–water partition coefficient (Wildman–Crippen LogP) is 2.33. The van der Waals surface area contributed by atoms with Crippen molar-refractivity contribution in [3.8, 4) is 0 Å². The number of nitrogens with zero attached hydrogens (tertiary/aromatic N) is 8. The van der Waals surface area contributed by atoms with Crippen LogP contribution in [0, 0.1) is 6.92 Å². The van der Waals surface area contributed by atoms with Crippen molar-refractivity contribution >= 4 is 34.8 Å². The molecule has 1 atom stereocenters. The van der Waals surface area contributed by atoms with Crippen LogP contribution in [0.1, 0.15) is 29.0 Å². The highest BCUT2D eigenvalue weighted by atomic mass is 19.4. The second-order valence-electron chi connectivity index (χ2n) is 9.35. The van der Waals surface area contributed by atoms with Gasteiger partial charge in [0.15, 0.2) is 17.0 Å². The standard InChI is InChI=1S/C20H24N8O2.2C2HF3O2/c1-14-5-4-6-16(23-14)20(29)27-9-10-30-15(11-27)12-28-19-17(24-25-28)18(21-13-22-19)26-7-2-3-8-26;2*3-2(4,5)1(6)7/h4-6,13,15H,2-3,7-12H2,1H3;2*(H,6,7). The first-order valence-corrected chi connectivity index (χ1v) is 12.8. The second-order valence-corrected chi connectivity index (χ2v) is 9.35. The van der Waals surface area contributed by atoms with Gasteiger partial charge in [0, 0.05) is 31.9 Å². The van der Waals surface area contributed by atoms with E-state index in [1.165, 1.54) is 0 Å². The maximum absolute atomic E-state index is 12.9. The third-order valence-corrected chi connectivity index (χ3v) is 6.08. The molecule has 14 nitrogen and oxygen atoms in total. The van der Waals surface area contributed by atoms with Crippen LogP contribution in [0.4, 0.5) is 32.2 Å². The Labute approximate surface area is 244 Å². The summed E-state index contributed by atoms with van der Waals surface area (Å²) in [6.07, 6.45) is -6.47. The Hall–Kier alpha value is -4.62. The van der Waals surface area contributed by atoms with Gasteiger partial charge >= 0.3 is 24.3 Å². The molecule has 0 saturated carbocycles. The van der Waals surface area contributed by atoms with Crippen LogP contribution < -0.4 is 4.90 Å². The summed E-state index contributed by atoms with van der Waals surface area (Å²) in [5.74, 6) is -4.75. The van der Waals surface area contributed by atoms with Crippen molar-refractivity contribution in [1.82, 2.24) is 34.8 Å². The summed E-state index contributed by atoms with van der Waals surface area (Å²) >= 11 is 0. The third-order valence-electron chi connectivity index (χ3n) is 6.08. The van der Waals surface area contributed by atoms with E-state index < -0.39 is 24.3 Å². The molecule has 2 aliphatic heterocycles. The van der Waals surface area contributed by atoms with Crippen molar-refractivity contribution < 1.29 is 55.7 Å². The Kier molecular flexibility index (Phi) is 11.0. The van der Waals surface area contributed by atoms with E-state index in [2.05, 4.69) is 30.2 Å². The molecule has 0 aromatic carbocycles. The molecule has 240 valence electrons. The summed E-state index contributed by atoms with van der Waals surface area (Å²) in [6, 6.07) is 5.49. The van der Waals surface area contributed by atoms with Crippen molar-refractivity contribution in [2.24, 2.45) is 0 Å². The smallest absolute Gasteiger partial charge is 0.475 e. The van der Waals surface area contributed by atoms with E-state index in [4.69, 9.17) is 24.5 Å². The highest BCUT2D eigenvalue weighted by molar-refractivity contribution is 5.92. The molecular formula is C24H26F6N8O6. The number of rotatable bonds is 4. The SMILES string of the molecule is Cc1cccc(C(=O)N2CCOC(Cn3nnc4c(N5CCCC5)ncnc43)C2)n1.O=C(O)C(F)(F)F.O=C(O)C(F)(F)F. The van der Waals surface area contributed by atoms with Gasteiger partial charge in [0.1, 0.15) is 12.0 Å². The first-order chi connectivity index (χ1) is 20.6. The lowest BCUT2D eigenvalue weighted by Gasteiger charge is -2.32. The highest BCUT2D eigenvalue weighted by Crippen LogP contribution is 2.24. The maximum Gasteiger partial charge on any atom is 0.490 e. The van der Waals surface area contributed by atoms with Gasteiger partial charge in [-0.25, -0.2) is 29.2 Å². The Bertz CT molecular complexity index is 1440. The van der Waals surface area contributed by atoms with Crippen molar-refractivity contribution in [2.45, 2.75) is 44.8 Å². The lowest BCUT2D eigenvalue weighted by molar-refractivity contribution is -0.193. The highest BCUT2D eigenvalue weighted by Gasteiger charge is 2.39. The van der Waals surface area contributed by atoms with E-state index in [1.807, 2.05) is 19.1 Å². The fourth-order valence-electron chi connectivity index (χ4n) is 4.09. The van der Waals surface area contributed by atoms with Gasteiger partial charge in [-0.3, -0.25) is 4.79 Å². The Morgan fingerprint density at radius 3 is 2.16 bits per heavy atom. The number of carboxylic acid groups (broad SMARTS) is 2. The number of halogens is 6. The van der Waals surface area contributed by atoms with Crippen LogP contribution in [0.15, 0.2) is 24.5 Å². The van der Waals surface area contributed by atoms with Crippen LogP contribution in [-0.2, 0) is 20.9 Å². The lowest BCUT2D eigenvalue weighted by Crippen LogP contribution is -2.47. The van der Waals surface area contributed by atoms with Gasteiger partial charge in [0.2, 0.25) is 0 Å². The van der Waals surface area contributed by atoms with Crippen LogP contribution in [0.3, 0.4) is 0 Å². The molecule has 2 fully saturated rings. The average Bonchev–Trinajstić information content (AvgIpc) is 3.63. The molecule has 2 aliphatic rings. The van der Waals surface area contributed by atoms with Crippen LogP contribution in [0.5, 0.6) is 0 Å². The number of morpholine rings is 1. The summed E-state index contributed by atoms with van der Waals surface area (Å²) in [6.45, 7) is 5.81. The molecule has 0 spiro atoms.